The van der Waals surface area contributed by atoms with Crippen molar-refractivity contribution in [3.05, 3.63) is 53.6 Å². The van der Waals surface area contributed by atoms with Crippen molar-refractivity contribution in [3.8, 4) is 5.75 Å². The summed E-state index contributed by atoms with van der Waals surface area (Å²) in [4.78, 5) is 14.4. The lowest BCUT2D eigenvalue weighted by atomic mass is 10.1. The fourth-order valence-corrected chi connectivity index (χ4v) is 3.10. The van der Waals surface area contributed by atoms with Gasteiger partial charge in [0.2, 0.25) is 5.91 Å². The number of hydrogen-bond acceptors (Lipinski definition) is 3. The fraction of sp³-hybridized carbons (Fsp3) is 0.350. The summed E-state index contributed by atoms with van der Waals surface area (Å²) in [6.07, 6.45) is 2.20. The lowest BCUT2D eigenvalue weighted by Crippen LogP contribution is -2.29. The van der Waals surface area contributed by atoms with Crippen molar-refractivity contribution >= 4 is 17.3 Å². The molecule has 0 atom stereocenters. The van der Waals surface area contributed by atoms with Gasteiger partial charge in [-0.3, -0.25) is 4.79 Å². The topological polar surface area (TPSA) is 55.6 Å². The van der Waals surface area contributed by atoms with E-state index in [9.17, 15) is 4.79 Å². The van der Waals surface area contributed by atoms with Crippen LogP contribution < -0.4 is 15.4 Å². The minimum absolute atomic E-state index is 0.0926. The summed E-state index contributed by atoms with van der Waals surface area (Å²) in [6, 6.07) is 13.9. The van der Waals surface area contributed by atoms with E-state index in [0.717, 1.165) is 24.2 Å². The van der Waals surface area contributed by atoms with Gasteiger partial charge in [-0.05, 0) is 56.0 Å². The third-order valence-corrected chi connectivity index (χ3v) is 4.25. The number of nitrogen functional groups attached to an aromatic ring is 1. The zero-order valence-electron chi connectivity index (χ0n) is 14.3. The molecule has 0 bridgehead atoms. The quantitative estimate of drug-likeness (QED) is 0.855. The van der Waals surface area contributed by atoms with Crippen LogP contribution in [0.2, 0.25) is 0 Å². The molecule has 0 spiro atoms. The lowest BCUT2D eigenvalue weighted by Gasteiger charge is -2.17. The molecule has 0 unspecified atom stereocenters. The van der Waals surface area contributed by atoms with Gasteiger partial charge in [-0.1, -0.05) is 24.3 Å². The summed E-state index contributed by atoms with van der Waals surface area (Å²) in [5.41, 5.74) is 10.0. The summed E-state index contributed by atoms with van der Waals surface area (Å²) in [5.74, 6) is 0.870. The highest BCUT2D eigenvalue weighted by Crippen LogP contribution is 2.29. The van der Waals surface area contributed by atoms with Gasteiger partial charge in [-0.25, -0.2) is 0 Å². The standard InChI is InChI=1S/C20H24N2O2/c1-14(2)24-19-9-7-15(13-17(19)21)8-10-20(23)22-12-11-16-5-3-4-6-18(16)22/h3-7,9,13-14H,8,10-12,21H2,1-2H3. The third-order valence-electron chi connectivity index (χ3n) is 4.25. The molecule has 1 amide bonds. The van der Waals surface area contributed by atoms with E-state index in [1.54, 1.807) is 0 Å². The smallest absolute Gasteiger partial charge is 0.227 e. The molecular weight excluding hydrogens is 300 g/mol. The second-order valence-corrected chi connectivity index (χ2v) is 6.46. The number of nitrogens with zero attached hydrogens (tertiary/aromatic N) is 1. The van der Waals surface area contributed by atoms with Gasteiger partial charge < -0.3 is 15.4 Å². The maximum atomic E-state index is 12.5. The maximum absolute atomic E-state index is 12.5. The number of benzene rings is 2. The summed E-state index contributed by atoms with van der Waals surface area (Å²) < 4.78 is 5.65. The number of ether oxygens (including phenoxy) is 1. The molecule has 1 aliphatic heterocycles. The first kappa shape index (κ1) is 16.4. The molecular formula is C20H24N2O2. The summed E-state index contributed by atoms with van der Waals surface area (Å²) >= 11 is 0. The van der Waals surface area contributed by atoms with Crippen LogP contribution >= 0.6 is 0 Å². The number of aryl methyl sites for hydroxylation is 1. The normalized spacial score (nSPS) is 13.2. The van der Waals surface area contributed by atoms with E-state index in [1.807, 2.05) is 55.1 Å². The molecule has 1 aliphatic rings. The Morgan fingerprint density at radius 3 is 2.79 bits per heavy atom. The van der Waals surface area contributed by atoms with E-state index in [0.29, 0.717) is 24.3 Å². The maximum Gasteiger partial charge on any atom is 0.227 e. The number of amides is 1. The number of anilines is 2. The van der Waals surface area contributed by atoms with Crippen LogP contribution in [0.1, 0.15) is 31.4 Å². The van der Waals surface area contributed by atoms with Gasteiger partial charge in [0.05, 0.1) is 11.8 Å². The van der Waals surface area contributed by atoms with E-state index in [1.165, 1.54) is 5.56 Å². The van der Waals surface area contributed by atoms with Crippen molar-refractivity contribution < 1.29 is 9.53 Å². The number of nitrogens with two attached hydrogens (primary N) is 1. The van der Waals surface area contributed by atoms with E-state index < -0.39 is 0 Å². The van der Waals surface area contributed by atoms with Crippen molar-refractivity contribution in [1.29, 1.82) is 0 Å². The molecule has 24 heavy (non-hydrogen) atoms. The second-order valence-electron chi connectivity index (χ2n) is 6.46. The van der Waals surface area contributed by atoms with Gasteiger partial charge in [0, 0.05) is 18.7 Å². The highest BCUT2D eigenvalue weighted by molar-refractivity contribution is 5.95. The van der Waals surface area contributed by atoms with Gasteiger partial charge in [0.25, 0.3) is 0 Å². The Labute approximate surface area is 143 Å². The monoisotopic (exact) mass is 324 g/mol. The number of rotatable bonds is 5. The Morgan fingerprint density at radius 2 is 2.04 bits per heavy atom. The molecule has 2 aromatic carbocycles. The Bertz CT molecular complexity index is 740. The van der Waals surface area contributed by atoms with E-state index in [2.05, 4.69) is 6.07 Å². The molecule has 126 valence electrons. The average Bonchev–Trinajstić information content (AvgIpc) is 2.98. The number of para-hydroxylation sites is 1. The van der Waals surface area contributed by atoms with Gasteiger partial charge >= 0.3 is 0 Å². The molecule has 0 radical (unpaired) electrons. The van der Waals surface area contributed by atoms with Crippen LogP contribution in [0.15, 0.2) is 42.5 Å². The Hall–Kier alpha value is -2.49. The van der Waals surface area contributed by atoms with Crippen LogP contribution in [0.25, 0.3) is 0 Å². The largest absolute Gasteiger partial charge is 0.489 e. The van der Waals surface area contributed by atoms with E-state index in [4.69, 9.17) is 10.5 Å². The predicted molar refractivity (Wildman–Crippen MR) is 97.4 cm³/mol. The summed E-state index contributed by atoms with van der Waals surface area (Å²) in [6.45, 7) is 4.72. The molecule has 0 saturated heterocycles. The van der Waals surface area contributed by atoms with Crippen LogP contribution in [0.4, 0.5) is 11.4 Å². The molecule has 2 aromatic rings. The van der Waals surface area contributed by atoms with Crippen LogP contribution in [0.5, 0.6) is 5.75 Å². The highest BCUT2D eigenvalue weighted by Gasteiger charge is 2.23. The van der Waals surface area contributed by atoms with Crippen molar-refractivity contribution in [1.82, 2.24) is 0 Å². The van der Waals surface area contributed by atoms with E-state index in [-0.39, 0.29) is 12.0 Å². The fourth-order valence-electron chi connectivity index (χ4n) is 3.10. The Morgan fingerprint density at radius 1 is 1.25 bits per heavy atom. The molecule has 0 aliphatic carbocycles. The van der Waals surface area contributed by atoms with Crippen LogP contribution in [0, 0.1) is 0 Å². The lowest BCUT2D eigenvalue weighted by molar-refractivity contribution is -0.118. The molecule has 3 rings (SSSR count). The zero-order chi connectivity index (χ0) is 17.1. The number of carbonyl (C=O) groups excluding carboxylic acids is 1. The molecule has 0 fully saturated rings. The Balaban J connectivity index is 1.62. The predicted octanol–water partition coefficient (Wildman–Crippen LogP) is 3.58. The van der Waals surface area contributed by atoms with Crippen molar-refractivity contribution in [3.63, 3.8) is 0 Å². The molecule has 4 heteroatoms. The SMILES string of the molecule is CC(C)Oc1ccc(CCC(=O)N2CCc3ccccc32)cc1N. The number of hydrogen-bond donors (Lipinski definition) is 1. The molecule has 0 aromatic heterocycles. The number of fused-ring (bicyclic) bond motifs is 1. The van der Waals surface area contributed by atoms with Crippen LogP contribution in [0.3, 0.4) is 0 Å². The van der Waals surface area contributed by atoms with Crippen molar-refractivity contribution in [2.24, 2.45) is 0 Å². The minimum Gasteiger partial charge on any atom is -0.489 e. The average molecular weight is 324 g/mol. The molecule has 2 N–H and O–H groups in total. The van der Waals surface area contributed by atoms with Gasteiger partial charge in [-0.15, -0.1) is 0 Å². The summed E-state index contributed by atoms with van der Waals surface area (Å²) in [7, 11) is 0. The Kier molecular flexibility index (Phi) is 4.74. The van der Waals surface area contributed by atoms with Crippen molar-refractivity contribution in [2.45, 2.75) is 39.2 Å². The van der Waals surface area contributed by atoms with Gasteiger partial charge in [0.1, 0.15) is 5.75 Å². The van der Waals surface area contributed by atoms with Crippen molar-refractivity contribution in [2.75, 3.05) is 17.2 Å². The molecule has 4 nitrogen and oxygen atoms in total. The zero-order valence-corrected chi connectivity index (χ0v) is 14.3. The first-order valence-electron chi connectivity index (χ1n) is 8.48. The van der Waals surface area contributed by atoms with Gasteiger partial charge in [-0.2, -0.15) is 0 Å². The van der Waals surface area contributed by atoms with Crippen LogP contribution in [-0.2, 0) is 17.6 Å². The van der Waals surface area contributed by atoms with E-state index >= 15 is 0 Å². The second kappa shape index (κ2) is 6.95. The van der Waals surface area contributed by atoms with Crippen LogP contribution in [-0.4, -0.2) is 18.6 Å². The van der Waals surface area contributed by atoms with Gasteiger partial charge in [0.15, 0.2) is 0 Å². The summed E-state index contributed by atoms with van der Waals surface area (Å²) in [5, 5.41) is 0. The first-order chi connectivity index (χ1) is 11.5. The third kappa shape index (κ3) is 3.53. The first-order valence-corrected chi connectivity index (χ1v) is 8.48. The highest BCUT2D eigenvalue weighted by atomic mass is 16.5. The molecule has 1 heterocycles. The number of carbonyl (C=O) groups is 1. The molecule has 0 saturated carbocycles. The minimum atomic E-state index is 0.0926.